The zero-order chi connectivity index (χ0) is 19.5. The lowest BCUT2D eigenvalue weighted by Crippen LogP contribution is -2.35. The summed E-state index contributed by atoms with van der Waals surface area (Å²) >= 11 is 0. The summed E-state index contributed by atoms with van der Waals surface area (Å²) in [7, 11) is 0. The van der Waals surface area contributed by atoms with Crippen molar-refractivity contribution in [1.29, 1.82) is 0 Å². The number of rotatable bonds is 6. The Kier molecular flexibility index (Phi) is 6.54. The van der Waals surface area contributed by atoms with Gasteiger partial charge in [-0.05, 0) is 35.8 Å². The van der Waals surface area contributed by atoms with Crippen molar-refractivity contribution in [1.82, 2.24) is 4.98 Å². The van der Waals surface area contributed by atoms with E-state index in [-0.39, 0.29) is 23.7 Å². The molecular formula is C23H31F2N. The predicted molar refractivity (Wildman–Crippen MR) is 106 cm³/mol. The van der Waals surface area contributed by atoms with Gasteiger partial charge < -0.3 is 0 Å². The van der Waals surface area contributed by atoms with Gasteiger partial charge in [-0.1, -0.05) is 59.3 Å². The van der Waals surface area contributed by atoms with E-state index in [1.54, 1.807) is 6.20 Å². The Bertz CT molecular complexity index is 729. The molecule has 0 saturated carbocycles. The van der Waals surface area contributed by atoms with Crippen LogP contribution in [0.2, 0.25) is 0 Å². The first kappa shape index (κ1) is 20.5. The molecule has 3 unspecified atom stereocenters. The van der Waals surface area contributed by atoms with Gasteiger partial charge in [-0.2, -0.15) is 0 Å². The van der Waals surface area contributed by atoms with E-state index in [1.165, 1.54) is 0 Å². The normalized spacial score (nSPS) is 21.9. The van der Waals surface area contributed by atoms with E-state index >= 15 is 4.39 Å². The molecule has 1 heterocycles. The van der Waals surface area contributed by atoms with E-state index in [0.29, 0.717) is 17.2 Å². The van der Waals surface area contributed by atoms with Gasteiger partial charge in [-0.3, -0.25) is 4.98 Å². The van der Waals surface area contributed by atoms with Crippen molar-refractivity contribution in [3.05, 3.63) is 59.5 Å². The highest BCUT2D eigenvalue weighted by molar-refractivity contribution is 5.73. The van der Waals surface area contributed by atoms with E-state index < -0.39 is 11.7 Å². The molecule has 142 valence electrons. The van der Waals surface area contributed by atoms with Crippen molar-refractivity contribution < 1.29 is 8.78 Å². The third-order valence-electron chi connectivity index (χ3n) is 5.82. The van der Waals surface area contributed by atoms with Gasteiger partial charge in [0.05, 0.1) is 5.69 Å². The summed E-state index contributed by atoms with van der Waals surface area (Å²) < 4.78 is 29.3. The van der Waals surface area contributed by atoms with Crippen molar-refractivity contribution >= 4 is 5.57 Å². The van der Waals surface area contributed by atoms with Gasteiger partial charge >= 0.3 is 0 Å². The first-order valence-corrected chi connectivity index (χ1v) is 9.57. The fraction of sp³-hybridized carbons (Fsp3) is 0.522. The molecule has 1 aliphatic carbocycles. The van der Waals surface area contributed by atoms with Crippen LogP contribution < -0.4 is 0 Å². The van der Waals surface area contributed by atoms with Gasteiger partial charge in [-0.15, -0.1) is 0 Å². The average Bonchev–Trinajstić information content (AvgIpc) is 2.59. The summed E-state index contributed by atoms with van der Waals surface area (Å²) in [6, 6.07) is 3.77. The first-order chi connectivity index (χ1) is 12.2. The number of aryl methyl sites for hydroxylation is 1. The van der Waals surface area contributed by atoms with Crippen molar-refractivity contribution in [3.63, 3.8) is 0 Å². The summed E-state index contributed by atoms with van der Waals surface area (Å²) in [5, 5.41) is 0. The smallest absolute Gasteiger partial charge is 0.131 e. The summed E-state index contributed by atoms with van der Waals surface area (Å²) in [6.07, 6.45) is 8.20. The third-order valence-corrected chi connectivity index (χ3v) is 5.82. The minimum Gasteiger partial charge on any atom is -0.256 e. The molecule has 1 aromatic rings. The van der Waals surface area contributed by atoms with E-state index in [2.05, 4.69) is 51.8 Å². The minimum atomic E-state index is -0.493. The molecule has 0 aliphatic heterocycles. The molecule has 0 saturated heterocycles. The lowest BCUT2D eigenvalue weighted by molar-refractivity contribution is 0.189. The Balaban J connectivity index is 2.66. The van der Waals surface area contributed by atoms with E-state index in [4.69, 9.17) is 0 Å². The molecule has 3 heteroatoms. The number of hydrogen-bond donors (Lipinski definition) is 0. The molecule has 0 spiro atoms. The van der Waals surface area contributed by atoms with E-state index in [0.717, 1.165) is 18.1 Å². The molecule has 2 rings (SSSR count). The van der Waals surface area contributed by atoms with Crippen molar-refractivity contribution in [2.24, 2.45) is 23.2 Å². The molecule has 1 nitrogen and oxygen atoms in total. The molecule has 26 heavy (non-hydrogen) atoms. The van der Waals surface area contributed by atoms with E-state index in [1.807, 2.05) is 19.1 Å². The fourth-order valence-corrected chi connectivity index (χ4v) is 3.78. The zero-order valence-electron chi connectivity index (χ0n) is 16.8. The summed E-state index contributed by atoms with van der Waals surface area (Å²) in [5.41, 5.74) is 1.74. The molecule has 0 amide bonds. The Morgan fingerprint density at radius 3 is 2.58 bits per heavy atom. The molecule has 3 atom stereocenters. The van der Waals surface area contributed by atoms with Crippen LogP contribution in [0.3, 0.4) is 0 Å². The Hall–Kier alpha value is -1.77. The summed E-state index contributed by atoms with van der Waals surface area (Å²) in [6.45, 7) is 12.6. The second kappa shape index (κ2) is 8.28. The molecule has 1 aromatic heterocycles. The molecule has 0 radical (unpaired) electrons. The maximum absolute atomic E-state index is 15.0. The van der Waals surface area contributed by atoms with Crippen LogP contribution in [0.1, 0.15) is 58.7 Å². The number of aromatic nitrogens is 1. The van der Waals surface area contributed by atoms with Crippen LogP contribution in [0.4, 0.5) is 8.78 Å². The van der Waals surface area contributed by atoms with Crippen LogP contribution in [-0.4, -0.2) is 4.98 Å². The van der Waals surface area contributed by atoms with Crippen LogP contribution in [-0.2, 0) is 0 Å². The molecular weight excluding hydrogens is 328 g/mol. The van der Waals surface area contributed by atoms with Gasteiger partial charge in [0.1, 0.15) is 11.7 Å². The highest BCUT2D eigenvalue weighted by Gasteiger charge is 2.42. The second-order valence-electron chi connectivity index (χ2n) is 8.06. The van der Waals surface area contributed by atoms with Crippen molar-refractivity contribution in [3.8, 4) is 0 Å². The molecule has 0 N–H and O–H groups in total. The van der Waals surface area contributed by atoms with Gasteiger partial charge in [0, 0.05) is 30.2 Å². The SMILES string of the molecule is CCC(C)C(C)(C=CC(C)C)C1CC(F)=CC(F)=C1c1ncccc1C. The topological polar surface area (TPSA) is 12.9 Å². The lowest BCUT2D eigenvalue weighted by atomic mass is 9.61. The van der Waals surface area contributed by atoms with Gasteiger partial charge in [0.15, 0.2) is 0 Å². The standard InChI is InChI=1S/C23H31F2N/c1-7-17(5)23(6,11-10-15(2)3)19-13-18(24)14-20(25)21(19)22-16(4)9-8-12-26-22/h8-12,14-15,17,19H,7,13H2,1-6H3. The maximum Gasteiger partial charge on any atom is 0.131 e. The monoisotopic (exact) mass is 359 g/mol. The lowest BCUT2D eigenvalue weighted by Gasteiger charge is -2.42. The van der Waals surface area contributed by atoms with Gasteiger partial charge in [0.25, 0.3) is 0 Å². The van der Waals surface area contributed by atoms with Crippen LogP contribution >= 0.6 is 0 Å². The van der Waals surface area contributed by atoms with Crippen LogP contribution in [0, 0.1) is 30.1 Å². The highest BCUT2D eigenvalue weighted by Crippen LogP contribution is 2.51. The largest absolute Gasteiger partial charge is 0.256 e. The summed E-state index contributed by atoms with van der Waals surface area (Å²) in [5.74, 6) is -0.507. The quantitative estimate of drug-likeness (QED) is 0.489. The predicted octanol–water partition coefficient (Wildman–Crippen LogP) is 7.21. The maximum atomic E-state index is 15.0. The second-order valence-corrected chi connectivity index (χ2v) is 8.06. The molecule has 0 bridgehead atoms. The Labute approximate surface area is 156 Å². The van der Waals surface area contributed by atoms with Crippen LogP contribution in [0.25, 0.3) is 5.57 Å². The number of hydrogen-bond acceptors (Lipinski definition) is 1. The summed E-state index contributed by atoms with van der Waals surface area (Å²) in [4.78, 5) is 4.45. The van der Waals surface area contributed by atoms with Crippen LogP contribution in [0.5, 0.6) is 0 Å². The number of halogens is 2. The fourth-order valence-electron chi connectivity index (χ4n) is 3.78. The van der Waals surface area contributed by atoms with Crippen molar-refractivity contribution in [2.75, 3.05) is 0 Å². The van der Waals surface area contributed by atoms with Crippen molar-refractivity contribution in [2.45, 2.75) is 54.4 Å². The zero-order valence-corrected chi connectivity index (χ0v) is 16.8. The average molecular weight is 360 g/mol. The number of pyridine rings is 1. The first-order valence-electron chi connectivity index (χ1n) is 9.57. The molecule has 1 aliphatic rings. The number of allylic oxidation sites excluding steroid dienone is 6. The number of nitrogens with zero attached hydrogens (tertiary/aromatic N) is 1. The Morgan fingerprint density at radius 2 is 2.00 bits per heavy atom. The molecule has 0 fully saturated rings. The van der Waals surface area contributed by atoms with E-state index in [9.17, 15) is 4.39 Å². The molecule has 0 aromatic carbocycles. The third kappa shape index (κ3) is 4.13. The highest BCUT2D eigenvalue weighted by atomic mass is 19.1. The van der Waals surface area contributed by atoms with Crippen LogP contribution in [0.15, 0.2) is 48.2 Å². The minimum absolute atomic E-state index is 0.210. The Morgan fingerprint density at radius 1 is 1.31 bits per heavy atom. The van der Waals surface area contributed by atoms with Gasteiger partial charge in [0.2, 0.25) is 0 Å². The van der Waals surface area contributed by atoms with Gasteiger partial charge in [-0.25, -0.2) is 8.78 Å².